The largest absolute Gasteiger partial charge is 0.325 e. The molecule has 1 heterocycles. The zero-order chi connectivity index (χ0) is 11.8. The van der Waals surface area contributed by atoms with Gasteiger partial charge < -0.3 is 5.73 Å². The van der Waals surface area contributed by atoms with Crippen LogP contribution in [0.4, 0.5) is 0 Å². The normalized spacial score (nSPS) is 14.0. The van der Waals surface area contributed by atoms with E-state index in [0.29, 0.717) is 6.54 Å². The summed E-state index contributed by atoms with van der Waals surface area (Å²) < 4.78 is 3.06. The Kier molecular flexibility index (Phi) is 2.76. The maximum atomic E-state index is 5.87. The summed E-state index contributed by atoms with van der Waals surface area (Å²) in [5.41, 5.74) is 10.7. The van der Waals surface area contributed by atoms with E-state index in [1.165, 1.54) is 17.7 Å². The first-order valence-corrected chi connectivity index (χ1v) is 6.64. The van der Waals surface area contributed by atoms with Gasteiger partial charge in [0.1, 0.15) is 0 Å². The molecular formula is C13H14BrN3. The highest BCUT2D eigenvalue weighted by Crippen LogP contribution is 2.27. The first-order chi connectivity index (χ1) is 8.29. The number of aryl methyl sites for hydroxylation is 1. The third-order valence-corrected chi connectivity index (χ3v) is 3.75. The Labute approximate surface area is 109 Å². The molecule has 2 aromatic rings. The van der Waals surface area contributed by atoms with Crippen LogP contribution in [0.5, 0.6) is 0 Å². The van der Waals surface area contributed by atoms with Gasteiger partial charge in [-0.05, 0) is 43.0 Å². The quantitative estimate of drug-likeness (QED) is 0.924. The minimum absolute atomic E-state index is 0.550. The molecule has 0 radical (unpaired) electrons. The summed E-state index contributed by atoms with van der Waals surface area (Å²) in [6.45, 7) is 0.550. The Hall–Kier alpha value is -1.13. The molecule has 4 heteroatoms. The van der Waals surface area contributed by atoms with Crippen molar-refractivity contribution < 1.29 is 0 Å². The number of hydrogen-bond acceptors (Lipinski definition) is 2. The molecule has 1 aromatic heterocycles. The van der Waals surface area contributed by atoms with Gasteiger partial charge in [0.05, 0.1) is 17.1 Å². The lowest BCUT2D eigenvalue weighted by Gasteiger charge is -2.07. The van der Waals surface area contributed by atoms with Crippen LogP contribution in [0.3, 0.4) is 0 Å². The summed E-state index contributed by atoms with van der Waals surface area (Å²) in [5.74, 6) is 0. The van der Waals surface area contributed by atoms with Gasteiger partial charge in [-0.2, -0.15) is 5.10 Å². The fourth-order valence-electron chi connectivity index (χ4n) is 2.49. The van der Waals surface area contributed by atoms with E-state index in [1.807, 2.05) is 16.8 Å². The number of benzene rings is 1. The number of hydrogen-bond donors (Lipinski definition) is 1. The molecule has 88 valence electrons. The molecule has 0 fully saturated rings. The summed E-state index contributed by atoms with van der Waals surface area (Å²) in [6, 6.07) is 8.17. The molecule has 0 atom stereocenters. The highest BCUT2D eigenvalue weighted by molar-refractivity contribution is 9.10. The monoisotopic (exact) mass is 291 g/mol. The molecule has 0 unspecified atom stereocenters. The molecule has 0 spiro atoms. The minimum Gasteiger partial charge on any atom is -0.325 e. The second-order valence-corrected chi connectivity index (χ2v) is 5.24. The van der Waals surface area contributed by atoms with Gasteiger partial charge in [0.2, 0.25) is 0 Å². The standard InChI is InChI=1S/C13H14BrN3/c14-9-3-1-4-10(7-9)17-13(8-15)11-5-2-6-12(11)16-17/h1,3-4,7H,2,5-6,8,15H2. The highest BCUT2D eigenvalue weighted by Gasteiger charge is 2.21. The van der Waals surface area contributed by atoms with Crippen LogP contribution in [0, 0.1) is 0 Å². The van der Waals surface area contributed by atoms with E-state index >= 15 is 0 Å². The molecule has 3 nitrogen and oxygen atoms in total. The average Bonchev–Trinajstić information content (AvgIpc) is 2.88. The topological polar surface area (TPSA) is 43.8 Å². The van der Waals surface area contributed by atoms with Crippen molar-refractivity contribution in [3.63, 3.8) is 0 Å². The van der Waals surface area contributed by atoms with Gasteiger partial charge in [0.15, 0.2) is 0 Å². The van der Waals surface area contributed by atoms with Crippen LogP contribution >= 0.6 is 15.9 Å². The number of aromatic nitrogens is 2. The van der Waals surface area contributed by atoms with E-state index in [1.54, 1.807) is 0 Å². The molecule has 1 aliphatic rings. The second kappa shape index (κ2) is 4.27. The lowest BCUT2D eigenvalue weighted by Crippen LogP contribution is -2.09. The Bertz CT molecular complexity index is 560. The highest BCUT2D eigenvalue weighted by atomic mass is 79.9. The first kappa shape index (κ1) is 11.0. The Morgan fingerprint density at radius 2 is 2.24 bits per heavy atom. The molecular weight excluding hydrogens is 278 g/mol. The van der Waals surface area contributed by atoms with E-state index in [-0.39, 0.29) is 0 Å². The summed E-state index contributed by atoms with van der Waals surface area (Å²) >= 11 is 3.49. The zero-order valence-corrected chi connectivity index (χ0v) is 11.1. The van der Waals surface area contributed by atoms with Gasteiger partial charge in [-0.25, -0.2) is 4.68 Å². The third-order valence-electron chi connectivity index (χ3n) is 3.26. The lowest BCUT2D eigenvalue weighted by molar-refractivity contribution is 0.752. The smallest absolute Gasteiger partial charge is 0.0664 e. The van der Waals surface area contributed by atoms with E-state index < -0.39 is 0 Å². The van der Waals surface area contributed by atoms with Crippen LogP contribution in [0.1, 0.15) is 23.4 Å². The van der Waals surface area contributed by atoms with Crippen molar-refractivity contribution in [2.24, 2.45) is 5.73 Å². The molecule has 1 aromatic carbocycles. The lowest BCUT2D eigenvalue weighted by atomic mass is 10.2. The molecule has 1 aliphatic carbocycles. The Morgan fingerprint density at radius 3 is 3.00 bits per heavy atom. The fraction of sp³-hybridized carbons (Fsp3) is 0.308. The zero-order valence-electron chi connectivity index (χ0n) is 9.49. The van der Waals surface area contributed by atoms with Crippen LogP contribution in [0.25, 0.3) is 5.69 Å². The third kappa shape index (κ3) is 1.81. The van der Waals surface area contributed by atoms with Crippen molar-refractivity contribution in [1.29, 1.82) is 0 Å². The van der Waals surface area contributed by atoms with E-state index in [0.717, 1.165) is 28.7 Å². The Morgan fingerprint density at radius 1 is 1.35 bits per heavy atom. The number of nitrogens with two attached hydrogens (primary N) is 1. The van der Waals surface area contributed by atoms with Crippen molar-refractivity contribution in [1.82, 2.24) is 9.78 Å². The number of fused-ring (bicyclic) bond motifs is 1. The van der Waals surface area contributed by atoms with Crippen molar-refractivity contribution in [3.05, 3.63) is 45.7 Å². The number of nitrogens with zero attached hydrogens (tertiary/aromatic N) is 2. The van der Waals surface area contributed by atoms with Gasteiger partial charge in [-0.1, -0.05) is 22.0 Å². The van der Waals surface area contributed by atoms with Crippen molar-refractivity contribution >= 4 is 15.9 Å². The van der Waals surface area contributed by atoms with Crippen molar-refractivity contribution in [2.45, 2.75) is 25.8 Å². The van der Waals surface area contributed by atoms with Gasteiger partial charge in [0, 0.05) is 11.0 Å². The van der Waals surface area contributed by atoms with Crippen molar-refractivity contribution in [3.8, 4) is 5.69 Å². The average molecular weight is 292 g/mol. The minimum atomic E-state index is 0.550. The molecule has 2 N–H and O–H groups in total. The van der Waals surface area contributed by atoms with E-state index in [2.05, 4.69) is 33.2 Å². The van der Waals surface area contributed by atoms with Crippen LogP contribution < -0.4 is 5.73 Å². The SMILES string of the molecule is NCc1c2c(nn1-c1cccc(Br)c1)CCC2. The van der Waals surface area contributed by atoms with Gasteiger partial charge in [-0.3, -0.25) is 0 Å². The second-order valence-electron chi connectivity index (χ2n) is 4.32. The molecule has 0 saturated carbocycles. The predicted octanol–water partition coefficient (Wildman–Crippen LogP) is 2.58. The van der Waals surface area contributed by atoms with Crippen molar-refractivity contribution in [2.75, 3.05) is 0 Å². The Balaban J connectivity index is 2.15. The molecule has 0 saturated heterocycles. The van der Waals surface area contributed by atoms with Gasteiger partial charge in [0.25, 0.3) is 0 Å². The summed E-state index contributed by atoms with van der Waals surface area (Å²) in [4.78, 5) is 0. The molecule has 17 heavy (non-hydrogen) atoms. The van der Waals surface area contributed by atoms with Gasteiger partial charge >= 0.3 is 0 Å². The summed E-state index contributed by atoms with van der Waals surface area (Å²) in [6.07, 6.45) is 3.42. The molecule has 0 amide bonds. The first-order valence-electron chi connectivity index (χ1n) is 5.85. The summed E-state index contributed by atoms with van der Waals surface area (Å²) in [7, 11) is 0. The molecule has 3 rings (SSSR count). The van der Waals surface area contributed by atoms with E-state index in [9.17, 15) is 0 Å². The predicted molar refractivity (Wildman–Crippen MR) is 71.2 cm³/mol. The number of halogens is 1. The summed E-state index contributed by atoms with van der Waals surface area (Å²) in [5, 5.41) is 4.69. The van der Waals surface area contributed by atoms with Crippen LogP contribution in [0.2, 0.25) is 0 Å². The van der Waals surface area contributed by atoms with Crippen LogP contribution in [-0.4, -0.2) is 9.78 Å². The van der Waals surface area contributed by atoms with E-state index in [4.69, 9.17) is 5.73 Å². The van der Waals surface area contributed by atoms with Crippen LogP contribution in [-0.2, 0) is 19.4 Å². The molecule has 0 aliphatic heterocycles. The fourth-order valence-corrected chi connectivity index (χ4v) is 2.88. The number of rotatable bonds is 2. The maximum absolute atomic E-state index is 5.87. The van der Waals surface area contributed by atoms with Gasteiger partial charge in [-0.15, -0.1) is 0 Å². The molecule has 0 bridgehead atoms. The van der Waals surface area contributed by atoms with Crippen LogP contribution in [0.15, 0.2) is 28.7 Å². The maximum Gasteiger partial charge on any atom is 0.0664 e.